The summed E-state index contributed by atoms with van der Waals surface area (Å²) < 4.78 is 0. The van der Waals surface area contributed by atoms with E-state index < -0.39 is 0 Å². The number of hydrogen-bond acceptors (Lipinski definition) is 2. The number of hydrogen-bond donors (Lipinski definition) is 0. The first-order valence-corrected chi connectivity index (χ1v) is 8.62. The van der Waals surface area contributed by atoms with Crippen LogP contribution in [0.1, 0.15) is 23.1 Å². The monoisotopic (exact) mass is 336 g/mol. The van der Waals surface area contributed by atoms with E-state index in [0.717, 1.165) is 16.8 Å². The molecule has 1 saturated heterocycles. The lowest BCUT2D eigenvalue weighted by Crippen LogP contribution is -2.34. The van der Waals surface area contributed by atoms with Crippen LogP contribution in [0, 0.1) is 19.8 Å². The van der Waals surface area contributed by atoms with E-state index in [2.05, 4.69) is 6.92 Å². The summed E-state index contributed by atoms with van der Waals surface area (Å²) >= 11 is 0. The number of aryl methyl sites for hydroxylation is 2. The quantitative estimate of drug-likeness (QED) is 0.859. The maximum Gasteiger partial charge on any atom is 0.228 e. The molecule has 3 rings (SSSR count). The van der Waals surface area contributed by atoms with Crippen LogP contribution >= 0.6 is 0 Å². The molecule has 0 saturated carbocycles. The van der Waals surface area contributed by atoms with E-state index in [1.807, 2.05) is 55.5 Å². The van der Waals surface area contributed by atoms with Gasteiger partial charge in [0.2, 0.25) is 11.8 Å². The second-order valence-corrected chi connectivity index (χ2v) is 6.85. The van der Waals surface area contributed by atoms with E-state index in [-0.39, 0.29) is 24.2 Å². The van der Waals surface area contributed by atoms with Crippen LogP contribution in [0.4, 0.5) is 5.69 Å². The Bertz CT molecular complexity index is 786. The topological polar surface area (TPSA) is 40.6 Å². The van der Waals surface area contributed by atoms with E-state index in [9.17, 15) is 9.59 Å². The summed E-state index contributed by atoms with van der Waals surface area (Å²) in [5, 5.41) is 0. The molecule has 130 valence electrons. The van der Waals surface area contributed by atoms with Gasteiger partial charge < -0.3 is 9.80 Å². The molecule has 0 aliphatic carbocycles. The Kier molecular flexibility index (Phi) is 4.88. The maximum atomic E-state index is 12.7. The van der Waals surface area contributed by atoms with Crippen molar-refractivity contribution in [2.45, 2.75) is 26.8 Å². The third-order valence-corrected chi connectivity index (χ3v) is 4.92. The summed E-state index contributed by atoms with van der Waals surface area (Å²) in [7, 11) is 1.80. The Morgan fingerprint density at radius 3 is 2.52 bits per heavy atom. The molecule has 1 atom stereocenters. The summed E-state index contributed by atoms with van der Waals surface area (Å²) in [5.41, 5.74) is 4.33. The SMILES string of the molecule is Cc1ccc(N2CC(C(=O)N(C)Cc3ccccc3)CC2=O)cc1C. The van der Waals surface area contributed by atoms with E-state index in [1.54, 1.807) is 16.8 Å². The van der Waals surface area contributed by atoms with Crippen LogP contribution in [0.15, 0.2) is 48.5 Å². The van der Waals surface area contributed by atoms with Crippen molar-refractivity contribution >= 4 is 17.5 Å². The minimum Gasteiger partial charge on any atom is -0.341 e. The van der Waals surface area contributed by atoms with Crippen molar-refractivity contribution in [2.75, 3.05) is 18.5 Å². The van der Waals surface area contributed by atoms with Gasteiger partial charge in [-0.15, -0.1) is 0 Å². The van der Waals surface area contributed by atoms with E-state index >= 15 is 0 Å². The average Bonchev–Trinajstić information content (AvgIpc) is 2.99. The molecule has 0 bridgehead atoms. The van der Waals surface area contributed by atoms with Gasteiger partial charge in [-0.2, -0.15) is 0 Å². The standard InChI is InChI=1S/C21H24N2O2/c1-15-9-10-19(11-16(15)2)23-14-18(12-20(23)24)21(25)22(3)13-17-7-5-4-6-8-17/h4-11,18H,12-14H2,1-3H3. The zero-order chi connectivity index (χ0) is 18.0. The van der Waals surface area contributed by atoms with Crippen molar-refractivity contribution in [3.8, 4) is 0 Å². The number of carbonyl (C=O) groups is 2. The summed E-state index contributed by atoms with van der Waals surface area (Å²) in [6.07, 6.45) is 0.283. The molecule has 0 aromatic heterocycles. The van der Waals surface area contributed by atoms with Gasteiger partial charge in [-0.3, -0.25) is 9.59 Å². The molecule has 2 aromatic carbocycles. The zero-order valence-corrected chi connectivity index (χ0v) is 15.0. The number of anilines is 1. The molecule has 4 nitrogen and oxygen atoms in total. The van der Waals surface area contributed by atoms with Crippen molar-refractivity contribution in [2.24, 2.45) is 5.92 Å². The summed E-state index contributed by atoms with van der Waals surface area (Å²) in [6, 6.07) is 15.9. The predicted molar refractivity (Wildman–Crippen MR) is 99.3 cm³/mol. The van der Waals surface area contributed by atoms with Crippen molar-refractivity contribution in [1.29, 1.82) is 0 Å². The summed E-state index contributed by atoms with van der Waals surface area (Å²) in [6.45, 7) is 5.11. The first-order chi connectivity index (χ1) is 12.0. The fourth-order valence-corrected chi connectivity index (χ4v) is 3.26. The van der Waals surface area contributed by atoms with Gasteiger partial charge in [-0.1, -0.05) is 36.4 Å². The van der Waals surface area contributed by atoms with Gasteiger partial charge in [0.15, 0.2) is 0 Å². The Morgan fingerprint density at radius 2 is 1.84 bits per heavy atom. The molecular formula is C21H24N2O2. The molecule has 1 fully saturated rings. The highest BCUT2D eigenvalue weighted by Crippen LogP contribution is 2.28. The summed E-state index contributed by atoms with van der Waals surface area (Å²) in [5.74, 6) is -0.221. The second-order valence-electron chi connectivity index (χ2n) is 6.85. The number of nitrogens with zero attached hydrogens (tertiary/aromatic N) is 2. The lowest BCUT2D eigenvalue weighted by atomic mass is 10.1. The van der Waals surface area contributed by atoms with Gasteiger partial charge >= 0.3 is 0 Å². The minimum atomic E-state index is -0.275. The smallest absolute Gasteiger partial charge is 0.228 e. The highest BCUT2D eigenvalue weighted by Gasteiger charge is 2.36. The fraction of sp³-hybridized carbons (Fsp3) is 0.333. The molecule has 1 aliphatic heterocycles. The van der Waals surface area contributed by atoms with Crippen LogP contribution in [0.3, 0.4) is 0 Å². The highest BCUT2D eigenvalue weighted by atomic mass is 16.2. The van der Waals surface area contributed by atoms with Crippen LogP contribution in [-0.2, 0) is 16.1 Å². The molecule has 2 amide bonds. The second kappa shape index (κ2) is 7.09. The molecule has 0 N–H and O–H groups in total. The largest absolute Gasteiger partial charge is 0.341 e. The number of amides is 2. The minimum absolute atomic E-state index is 0.0229. The Morgan fingerprint density at radius 1 is 1.12 bits per heavy atom. The molecule has 4 heteroatoms. The van der Waals surface area contributed by atoms with E-state index in [4.69, 9.17) is 0 Å². The number of rotatable bonds is 4. The first-order valence-electron chi connectivity index (χ1n) is 8.62. The van der Waals surface area contributed by atoms with Crippen molar-refractivity contribution in [3.63, 3.8) is 0 Å². The summed E-state index contributed by atoms with van der Waals surface area (Å²) in [4.78, 5) is 28.6. The van der Waals surface area contributed by atoms with Crippen LogP contribution in [0.25, 0.3) is 0 Å². The highest BCUT2D eigenvalue weighted by molar-refractivity contribution is 6.00. The van der Waals surface area contributed by atoms with Gasteiger partial charge in [0, 0.05) is 32.2 Å². The number of benzene rings is 2. The van der Waals surface area contributed by atoms with Crippen LogP contribution in [-0.4, -0.2) is 30.3 Å². The zero-order valence-electron chi connectivity index (χ0n) is 15.0. The Hall–Kier alpha value is -2.62. The van der Waals surface area contributed by atoms with Crippen molar-refractivity contribution in [1.82, 2.24) is 4.90 Å². The van der Waals surface area contributed by atoms with Crippen molar-refractivity contribution < 1.29 is 9.59 Å². The molecule has 1 aliphatic rings. The van der Waals surface area contributed by atoms with Crippen LogP contribution < -0.4 is 4.90 Å². The molecule has 1 heterocycles. The van der Waals surface area contributed by atoms with Gasteiger partial charge in [-0.05, 0) is 42.7 Å². The molecule has 1 unspecified atom stereocenters. The lowest BCUT2D eigenvalue weighted by molar-refractivity contribution is -0.135. The third-order valence-electron chi connectivity index (χ3n) is 4.92. The van der Waals surface area contributed by atoms with Gasteiger partial charge in [0.1, 0.15) is 0 Å². The molecule has 0 spiro atoms. The van der Waals surface area contributed by atoms with Gasteiger partial charge in [0.25, 0.3) is 0 Å². The molecule has 0 radical (unpaired) electrons. The molecule has 25 heavy (non-hydrogen) atoms. The maximum absolute atomic E-state index is 12.7. The Balaban J connectivity index is 1.69. The predicted octanol–water partition coefficient (Wildman–Crippen LogP) is 3.31. The lowest BCUT2D eigenvalue weighted by Gasteiger charge is -2.22. The third kappa shape index (κ3) is 3.73. The van der Waals surface area contributed by atoms with Crippen LogP contribution in [0.2, 0.25) is 0 Å². The van der Waals surface area contributed by atoms with Gasteiger partial charge in [-0.25, -0.2) is 0 Å². The average molecular weight is 336 g/mol. The number of carbonyl (C=O) groups excluding carboxylic acids is 2. The molecule has 2 aromatic rings. The normalized spacial score (nSPS) is 17.0. The Labute approximate surface area is 149 Å². The fourth-order valence-electron chi connectivity index (χ4n) is 3.26. The van der Waals surface area contributed by atoms with Crippen molar-refractivity contribution in [3.05, 3.63) is 65.2 Å². The first kappa shape index (κ1) is 17.2. The van der Waals surface area contributed by atoms with E-state index in [1.165, 1.54) is 5.56 Å². The van der Waals surface area contributed by atoms with Crippen LogP contribution in [0.5, 0.6) is 0 Å². The van der Waals surface area contributed by atoms with E-state index in [0.29, 0.717) is 13.1 Å². The molecular weight excluding hydrogens is 312 g/mol. The van der Waals surface area contributed by atoms with Gasteiger partial charge in [0.05, 0.1) is 5.92 Å².